The van der Waals surface area contributed by atoms with E-state index in [4.69, 9.17) is 4.52 Å². The third kappa shape index (κ3) is 2.30. The van der Waals surface area contributed by atoms with Crippen LogP contribution in [0, 0.1) is 0 Å². The van der Waals surface area contributed by atoms with Gasteiger partial charge in [0.15, 0.2) is 0 Å². The van der Waals surface area contributed by atoms with Crippen molar-refractivity contribution in [2.75, 3.05) is 13.1 Å². The first kappa shape index (κ1) is 11.8. The quantitative estimate of drug-likeness (QED) is 0.922. The van der Waals surface area contributed by atoms with E-state index < -0.39 is 0 Å². The SMILES string of the molecule is Brc1cccnc1-c1noc([C@H]2CCCNC2)n1. The van der Waals surface area contributed by atoms with Crippen molar-refractivity contribution in [3.63, 3.8) is 0 Å². The van der Waals surface area contributed by atoms with Crippen molar-refractivity contribution in [1.82, 2.24) is 20.4 Å². The van der Waals surface area contributed by atoms with Gasteiger partial charge in [-0.3, -0.25) is 4.98 Å². The molecule has 0 radical (unpaired) electrons. The molecule has 3 rings (SSSR count). The minimum atomic E-state index is 0.322. The zero-order valence-corrected chi connectivity index (χ0v) is 11.4. The van der Waals surface area contributed by atoms with E-state index in [1.807, 2.05) is 12.1 Å². The van der Waals surface area contributed by atoms with Gasteiger partial charge in [-0.25, -0.2) is 0 Å². The second-order valence-electron chi connectivity index (χ2n) is 4.33. The van der Waals surface area contributed by atoms with Gasteiger partial charge in [0.2, 0.25) is 11.7 Å². The molecule has 1 aliphatic rings. The van der Waals surface area contributed by atoms with E-state index in [1.54, 1.807) is 6.20 Å². The van der Waals surface area contributed by atoms with Crippen LogP contribution in [-0.2, 0) is 0 Å². The van der Waals surface area contributed by atoms with E-state index in [2.05, 4.69) is 36.4 Å². The molecule has 3 heterocycles. The first-order valence-electron chi connectivity index (χ1n) is 6.00. The Balaban J connectivity index is 1.87. The Hall–Kier alpha value is -1.27. The third-order valence-electron chi connectivity index (χ3n) is 3.06. The molecule has 0 aromatic carbocycles. The van der Waals surface area contributed by atoms with Crippen molar-refractivity contribution < 1.29 is 4.52 Å². The van der Waals surface area contributed by atoms with Gasteiger partial charge in [0.05, 0.1) is 5.92 Å². The zero-order valence-electron chi connectivity index (χ0n) is 9.77. The molecule has 1 atom stereocenters. The van der Waals surface area contributed by atoms with Gasteiger partial charge >= 0.3 is 0 Å². The van der Waals surface area contributed by atoms with Crippen LogP contribution in [-0.4, -0.2) is 28.2 Å². The number of hydrogen-bond donors (Lipinski definition) is 1. The predicted octanol–water partition coefficient (Wildman–Crippen LogP) is 2.36. The lowest BCUT2D eigenvalue weighted by molar-refractivity contribution is 0.322. The van der Waals surface area contributed by atoms with E-state index in [0.717, 1.165) is 36.1 Å². The first-order chi connectivity index (χ1) is 8.84. The largest absolute Gasteiger partial charge is 0.339 e. The molecule has 94 valence electrons. The summed E-state index contributed by atoms with van der Waals surface area (Å²) >= 11 is 3.44. The molecule has 0 saturated carbocycles. The Morgan fingerprint density at radius 3 is 3.17 bits per heavy atom. The Kier molecular flexibility index (Phi) is 3.38. The summed E-state index contributed by atoms with van der Waals surface area (Å²) in [6, 6.07) is 3.78. The number of halogens is 1. The van der Waals surface area contributed by atoms with Gasteiger partial charge in [-0.1, -0.05) is 5.16 Å². The van der Waals surface area contributed by atoms with Crippen molar-refractivity contribution in [3.05, 3.63) is 28.7 Å². The fourth-order valence-electron chi connectivity index (χ4n) is 2.11. The Bertz CT molecular complexity index is 536. The maximum atomic E-state index is 5.35. The average Bonchev–Trinajstić information content (AvgIpc) is 2.90. The molecule has 0 bridgehead atoms. The van der Waals surface area contributed by atoms with Gasteiger partial charge < -0.3 is 9.84 Å². The highest BCUT2D eigenvalue weighted by atomic mass is 79.9. The first-order valence-corrected chi connectivity index (χ1v) is 6.79. The third-order valence-corrected chi connectivity index (χ3v) is 3.70. The standard InChI is InChI=1S/C12H13BrN4O/c13-9-4-2-6-15-10(9)11-16-12(18-17-11)8-3-1-5-14-7-8/h2,4,6,8,14H,1,3,5,7H2/t8-/m0/s1. The van der Waals surface area contributed by atoms with Crippen LogP contribution < -0.4 is 5.32 Å². The molecule has 0 unspecified atom stereocenters. The highest BCUT2D eigenvalue weighted by Crippen LogP contribution is 2.26. The van der Waals surface area contributed by atoms with Gasteiger partial charge in [0.25, 0.3) is 0 Å². The maximum Gasteiger partial charge on any atom is 0.231 e. The minimum Gasteiger partial charge on any atom is -0.339 e. The van der Waals surface area contributed by atoms with Crippen molar-refractivity contribution in [2.45, 2.75) is 18.8 Å². The van der Waals surface area contributed by atoms with Gasteiger partial charge in [-0.2, -0.15) is 4.98 Å². The van der Waals surface area contributed by atoms with Crippen LogP contribution in [0.15, 0.2) is 27.3 Å². The second kappa shape index (κ2) is 5.16. The molecular weight excluding hydrogens is 296 g/mol. The molecule has 1 aliphatic heterocycles. The summed E-state index contributed by atoms with van der Waals surface area (Å²) in [6.07, 6.45) is 3.96. The van der Waals surface area contributed by atoms with Crippen LogP contribution in [0.3, 0.4) is 0 Å². The second-order valence-corrected chi connectivity index (χ2v) is 5.19. The van der Waals surface area contributed by atoms with E-state index in [0.29, 0.717) is 17.6 Å². The number of aromatic nitrogens is 3. The fourth-order valence-corrected chi connectivity index (χ4v) is 2.54. The van der Waals surface area contributed by atoms with Crippen LogP contribution in [0.25, 0.3) is 11.5 Å². The monoisotopic (exact) mass is 308 g/mol. The van der Waals surface area contributed by atoms with Crippen molar-refractivity contribution in [1.29, 1.82) is 0 Å². The van der Waals surface area contributed by atoms with E-state index in [-0.39, 0.29) is 0 Å². The van der Waals surface area contributed by atoms with Crippen molar-refractivity contribution in [2.24, 2.45) is 0 Å². The molecule has 18 heavy (non-hydrogen) atoms. The van der Waals surface area contributed by atoms with Crippen LogP contribution in [0.4, 0.5) is 0 Å². The van der Waals surface area contributed by atoms with Crippen LogP contribution in [0.1, 0.15) is 24.7 Å². The molecule has 2 aromatic heterocycles. The minimum absolute atomic E-state index is 0.322. The molecule has 5 nitrogen and oxygen atoms in total. The molecule has 0 aliphatic carbocycles. The molecular formula is C12H13BrN4O. The summed E-state index contributed by atoms with van der Waals surface area (Å²) in [5.41, 5.74) is 0.719. The number of nitrogens with one attached hydrogen (secondary N) is 1. The molecule has 2 aromatic rings. The Morgan fingerprint density at radius 2 is 2.39 bits per heavy atom. The van der Waals surface area contributed by atoms with E-state index in [1.165, 1.54) is 0 Å². The number of pyridine rings is 1. The molecule has 0 amide bonds. The zero-order chi connectivity index (χ0) is 12.4. The number of piperidine rings is 1. The average molecular weight is 309 g/mol. The van der Waals surface area contributed by atoms with E-state index in [9.17, 15) is 0 Å². The lowest BCUT2D eigenvalue weighted by atomic mass is 10.00. The number of rotatable bonds is 2. The summed E-state index contributed by atoms with van der Waals surface area (Å²) in [5.74, 6) is 1.57. The van der Waals surface area contributed by atoms with Crippen LogP contribution in [0.2, 0.25) is 0 Å². The number of nitrogens with zero attached hydrogens (tertiary/aromatic N) is 3. The Labute approximate surface area is 113 Å². The molecule has 0 spiro atoms. The smallest absolute Gasteiger partial charge is 0.231 e. The normalized spacial score (nSPS) is 19.9. The highest BCUT2D eigenvalue weighted by Gasteiger charge is 2.22. The summed E-state index contributed by atoms with van der Waals surface area (Å²) in [5, 5.41) is 7.36. The van der Waals surface area contributed by atoms with E-state index >= 15 is 0 Å². The highest BCUT2D eigenvalue weighted by molar-refractivity contribution is 9.10. The van der Waals surface area contributed by atoms with Crippen LogP contribution >= 0.6 is 15.9 Å². The lowest BCUT2D eigenvalue weighted by Gasteiger charge is -2.18. The summed E-state index contributed by atoms with van der Waals surface area (Å²) < 4.78 is 6.23. The Morgan fingerprint density at radius 1 is 1.44 bits per heavy atom. The fraction of sp³-hybridized carbons (Fsp3) is 0.417. The van der Waals surface area contributed by atoms with Gasteiger partial charge in [-0.15, -0.1) is 0 Å². The topological polar surface area (TPSA) is 63.8 Å². The van der Waals surface area contributed by atoms with Crippen LogP contribution in [0.5, 0.6) is 0 Å². The maximum absolute atomic E-state index is 5.35. The lowest BCUT2D eigenvalue weighted by Crippen LogP contribution is -2.28. The van der Waals surface area contributed by atoms with Gasteiger partial charge in [0.1, 0.15) is 5.69 Å². The molecule has 1 N–H and O–H groups in total. The van der Waals surface area contributed by atoms with Gasteiger partial charge in [0, 0.05) is 17.2 Å². The summed E-state index contributed by atoms with van der Waals surface area (Å²) in [7, 11) is 0. The molecule has 1 fully saturated rings. The summed E-state index contributed by atoms with van der Waals surface area (Å²) in [4.78, 5) is 8.71. The van der Waals surface area contributed by atoms with Gasteiger partial charge in [-0.05, 0) is 47.4 Å². The van der Waals surface area contributed by atoms with Crippen molar-refractivity contribution >= 4 is 15.9 Å². The molecule has 6 heteroatoms. The summed E-state index contributed by atoms with van der Waals surface area (Å²) in [6.45, 7) is 1.98. The van der Waals surface area contributed by atoms with Crippen molar-refractivity contribution in [3.8, 4) is 11.5 Å². The predicted molar refractivity (Wildman–Crippen MR) is 70.1 cm³/mol. The number of hydrogen-bond acceptors (Lipinski definition) is 5. The molecule has 1 saturated heterocycles.